The second-order valence-corrected chi connectivity index (χ2v) is 7.85. The molecule has 0 aromatic heterocycles. The zero-order chi connectivity index (χ0) is 15.5. The number of nitrogens with zero attached hydrogens (tertiary/aromatic N) is 2. The standard InChI is InChI=1S/C13H24N2O5S/c16-8-5-11-3-1-6-14(9-11)21(19,20)15-7-2-4-12(10-15)13(17)18/h11-12,16H,1-10H2,(H,17,18). The summed E-state index contributed by atoms with van der Waals surface area (Å²) in [4.78, 5) is 11.1. The predicted molar refractivity (Wildman–Crippen MR) is 76.9 cm³/mol. The highest BCUT2D eigenvalue weighted by molar-refractivity contribution is 7.86. The van der Waals surface area contributed by atoms with E-state index in [2.05, 4.69) is 0 Å². The Labute approximate surface area is 125 Å². The van der Waals surface area contributed by atoms with Gasteiger partial charge in [0.15, 0.2) is 0 Å². The summed E-state index contributed by atoms with van der Waals surface area (Å²) in [5.74, 6) is -1.34. The fourth-order valence-corrected chi connectivity index (χ4v) is 4.99. The highest BCUT2D eigenvalue weighted by Gasteiger charge is 2.37. The largest absolute Gasteiger partial charge is 0.481 e. The van der Waals surface area contributed by atoms with Crippen molar-refractivity contribution in [2.45, 2.75) is 32.1 Å². The molecule has 21 heavy (non-hydrogen) atoms. The van der Waals surface area contributed by atoms with Crippen LogP contribution in [0.4, 0.5) is 0 Å². The number of carboxylic acids is 1. The molecular formula is C13H24N2O5S. The molecule has 2 N–H and O–H groups in total. The summed E-state index contributed by atoms with van der Waals surface area (Å²) >= 11 is 0. The molecule has 0 spiro atoms. The summed E-state index contributed by atoms with van der Waals surface area (Å²) in [6.07, 6.45) is 3.47. The molecule has 2 atom stereocenters. The number of carboxylic acid groups (broad SMARTS) is 1. The molecule has 2 aliphatic heterocycles. The van der Waals surface area contributed by atoms with E-state index in [1.54, 1.807) is 0 Å². The third-order valence-electron chi connectivity index (χ3n) is 4.41. The number of hydrogen-bond donors (Lipinski definition) is 2. The maximum atomic E-state index is 12.7. The summed E-state index contributed by atoms with van der Waals surface area (Å²) in [5.41, 5.74) is 0. The van der Waals surface area contributed by atoms with Crippen LogP contribution in [0.25, 0.3) is 0 Å². The van der Waals surface area contributed by atoms with E-state index >= 15 is 0 Å². The molecule has 2 rings (SSSR count). The van der Waals surface area contributed by atoms with Crippen molar-refractivity contribution < 1.29 is 23.4 Å². The monoisotopic (exact) mass is 320 g/mol. The first-order valence-corrected chi connectivity index (χ1v) is 8.93. The lowest BCUT2D eigenvalue weighted by Crippen LogP contribution is -2.51. The fraction of sp³-hybridized carbons (Fsp3) is 0.923. The van der Waals surface area contributed by atoms with Crippen LogP contribution >= 0.6 is 0 Å². The van der Waals surface area contributed by atoms with E-state index in [-0.39, 0.29) is 19.1 Å². The van der Waals surface area contributed by atoms with Gasteiger partial charge in [-0.3, -0.25) is 4.79 Å². The summed E-state index contributed by atoms with van der Waals surface area (Å²) in [7, 11) is -3.58. The molecule has 0 aliphatic carbocycles. The molecule has 0 aromatic carbocycles. The minimum absolute atomic E-state index is 0.0683. The molecule has 7 nitrogen and oxygen atoms in total. The van der Waals surface area contributed by atoms with Gasteiger partial charge >= 0.3 is 5.97 Å². The molecule has 122 valence electrons. The first kappa shape index (κ1) is 16.7. The van der Waals surface area contributed by atoms with E-state index < -0.39 is 22.1 Å². The maximum Gasteiger partial charge on any atom is 0.307 e. The van der Waals surface area contributed by atoms with Crippen LogP contribution in [0.3, 0.4) is 0 Å². The molecular weight excluding hydrogens is 296 g/mol. The van der Waals surface area contributed by atoms with Gasteiger partial charge in [-0.05, 0) is 38.0 Å². The summed E-state index contributed by atoms with van der Waals surface area (Å²) in [6.45, 7) is 1.45. The van der Waals surface area contributed by atoms with E-state index in [1.165, 1.54) is 8.61 Å². The first-order valence-electron chi connectivity index (χ1n) is 7.54. The zero-order valence-electron chi connectivity index (χ0n) is 12.1. The molecule has 2 aliphatic rings. The number of carbonyl (C=O) groups is 1. The Bertz CT molecular complexity index is 465. The second-order valence-electron chi connectivity index (χ2n) is 5.92. The second kappa shape index (κ2) is 7.04. The zero-order valence-corrected chi connectivity index (χ0v) is 13.0. The number of aliphatic hydroxyl groups excluding tert-OH is 1. The molecule has 0 aromatic rings. The van der Waals surface area contributed by atoms with Crippen molar-refractivity contribution in [2.75, 3.05) is 32.8 Å². The smallest absolute Gasteiger partial charge is 0.307 e. The quantitative estimate of drug-likeness (QED) is 0.750. The molecule has 0 bridgehead atoms. The van der Waals surface area contributed by atoms with Crippen LogP contribution in [-0.2, 0) is 15.0 Å². The average molecular weight is 320 g/mol. The van der Waals surface area contributed by atoms with Crippen LogP contribution in [-0.4, -0.2) is 66.0 Å². The third kappa shape index (κ3) is 3.94. The number of hydrogen-bond acceptors (Lipinski definition) is 4. The van der Waals surface area contributed by atoms with Gasteiger partial charge < -0.3 is 10.2 Å². The highest BCUT2D eigenvalue weighted by atomic mass is 32.2. The van der Waals surface area contributed by atoms with Crippen LogP contribution in [0.1, 0.15) is 32.1 Å². The Morgan fingerprint density at radius 2 is 1.71 bits per heavy atom. The Balaban J connectivity index is 2.04. The van der Waals surface area contributed by atoms with Crippen LogP contribution in [0, 0.1) is 11.8 Å². The number of aliphatic hydroxyl groups is 1. The van der Waals surface area contributed by atoms with Crippen molar-refractivity contribution >= 4 is 16.2 Å². The SMILES string of the molecule is O=C(O)C1CCCN(S(=O)(=O)N2CCCC(CCO)C2)C1. The average Bonchev–Trinajstić information content (AvgIpc) is 2.48. The van der Waals surface area contributed by atoms with Gasteiger partial charge in [0.2, 0.25) is 0 Å². The number of piperidine rings is 2. The minimum atomic E-state index is -3.58. The van der Waals surface area contributed by atoms with Crippen LogP contribution < -0.4 is 0 Å². The fourth-order valence-electron chi connectivity index (χ4n) is 3.17. The molecule has 2 fully saturated rings. The molecule has 2 heterocycles. The molecule has 0 radical (unpaired) electrons. The van der Waals surface area contributed by atoms with Gasteiger partial charge in [-0.25, -0.2) is 0 Å². The molecule has 2 saturated heterocycles. The Hall–Kier alpha value is -0.700. The molecule has 0 amide bonds. The van der Waals surface area contributed by atoms with Crippen LogP contribution in [0.15, 0.2) is 0 Å². The van der Waals surface area contributed by atoms with Crippen molar-refractivity contribution in [1.82, 2.24) is 8.61 Å². The summed E-state index contributed by atoms with van der Waals surface area (Å²) < 4.78 is 28.1. The van der Waals surface area contributed by atoms with Gasteiger partial charge in [0.1, 0.15) is 0 Å². The number of aliphatic carboxylic acids is 1. The van der Waals surface area contributed by atoms with Gasteiger partial charge in [-0.2, -0.15) is 17.0 Å². The minimum Gasteiger partial charge on any atom is -0.481 e. The predicted octanol–water partition coefficient (Wildman–Crippen LogP) is 0.122. The van der Waals surface area contributed by atoms with Crippen LogP contribution in [0.2, 0.25) is 0 Å². The van der Waals surface area contributed by atoms with Crippen molar-refractivity contribution in [2.24, 2.45) is 11.8 Å². The van der Waals surface area contributed by atoms with Gasteiger partial charge in [0.05, 0.1) is 5.92 Å². The highest BCUT2D eigenvalue weighted by Crippen LogP contribution is 2.26. The van der Waals surface area contributed by atoms with E-state index in [0.717, 1.165) is 12.8 Å². The van der Waals surface area contributed by atoms with E-state index in [0.29, 0.717) is 38.9 Å². The number of rotatable bonds is 5. The lowest BCUT2D eigenvalue weighted by molar-refractivity contribution is -0.142. The summed E-state index contributed by atoms with van der Waals surface area (Å²) in [5, 5.41) is 18.1. The van der Waals surface area contributed by atoms with Crippen molar-refractivity contribution in [3.63, 3.8) is 0 Å². The normalized spacial score (nSPS) is 29.4. The van der Waals surface area contributed by atoms with E-state index in [1.807, 2.05) is 0 Å². The van der Waals surface area contributed by atoms with Gasteiger partial charge in [0, 0.05) is 32.8 Å². The van der Waals surface area contributed by atoms with Gasteiger partial charge in [-0.15, -0.1) is 0 Å². The lowest BCUT2D eigenvalue weighted by Gasteiger charge is -2.37. The van der Waals surface area contributed by atoms with Crippen LogP contribution in [0.5, 0.6) is 0 Å². The topological polar surface area (TPSA) is 98.2 Å². The van der Waals surface area contributed by atoms with Gasteiger partial charge in [0.25, 0.3) is 10.2 Å². The Morgan fingerprint density at radius 1 is 1.10 bits per heavy atom. The Morgan fingerprint density at radius 3 is 2.33 bits per heavy atom. The maximum absolute atomic E-state index is 12.7. The molecule has 2 unspecified atom stereocenters. The van der Waals surface area contributed by atoms with Crippen molar-refractivity contribution in [3.05, 3.63) is 0 Å². The van der Waals surface area contributed by atoms with E-state index in [9.17, 15) is 13.2 Å². The van der Waals surface area contributed by atoms with E-state index in [4.69, 9.17) is 10.2 Å². The molecule has 0 saturated carbocycles. The van der Waals surface area contributed by atoms with Crippen molar-refractivity contribution in [1.29, 1.82) is 0 Å². The lowest BCUT2D eigenvalue weighted by atomic mass is 9.97. The van der Waals surface area contributed by atoms with Crippen molar-refractivity contribution in [3.8, 4) is 0 Å². The molecule has 8 heteroatoms. The third-order valence-corrected chi connectivity index (χ3v) is 6.37. The first-order chi connectivity index (χ1) is 9.95. The van der Waals surface area contributed by atoms with Gasteiger partial charge in [-0.1, -0.05) is 0 Å². The summed E-state index contributed by atoms with van der Waals surface area (Å²) in [6, 6.07) is 0. The Kier molecular flexibility index (Phi) is 5.59.